The third-order valence-corrected chi connectivity index (χ3v) is 10.1. The number of rotatable bonds is 7. The second-order valence-corrected chi connectivity index (χ2v) is 15.0. The Balaban J connectivity index is 1.42. The van der Waals surface area contributed by atoms with Crippen molar-refractivity contribution < 1.29 is 14.3 Å². The molecule has 0 aliphatic carbocycles. The van der Waals surface area contributed by atoms with Crippen LogP contribution in [0.1, 0.15) is 50.3 Å². The van der Waals surface area contributed by atoms with Gasteiger partial charge >= 0.3 is 6.09 Å². The van der Waals surface area contributed by atoms with Crippen molar-refractivity contribution in [3.05, 3.63) is 154 Å². The maximum atomic E-state index is 14.2. The van der Waals surface area contributed by atoms with Crippen LogP contribution in [0.3, 0.4) is 0 Å². The third-order valence-electron chi connectivity index (χ3n) is 9.50. The summed E-state index contributed by atoms with van der Waals surface area (Å²) in [4.78, 5) is 28.8. The highest BCUT2D eigenvalue weighted by molar-refractivity contribution is 6.35. The molecule has 1 aliphatic heterocycles. The van der Waals surface area contributed by atoms with Gasteiger partial charge in [0, 0.05) is 34.1 Å². The molecule has 1 aliphatic rings. The Kier molecular flexibility index (Phi) is 9.84. The van der Waals surface area contributed by atoms with E-state index in [1.54, 1.807) is 17.0 Å². The molecule has 1 N–H and O–H groups in total. The molecule has 9 heteroatoms. The van der Waals surface area contributed by atoms with Crippen LogP contribution in [0, 0.1) is 5.92 Å². The highest BCUT2D eigenvalue weighted by Gasteiger charge is 2.41. The standard InChI is InChI=1S/C43H40Cl2N4O3/c1-42(2,3)52-41(51)48-25-13-14-30(28-48)40(50)46-39-36-26-29(35-27-34(44)22-23-37(35)45)21-24-38(36)49(47-39)43(31-15-7-4-8-16-31,32-17-9-5-10-18-32)33-19-11-6-12-20-33/h4-12,15-24,26-27,30H,13-14,25,28H2,1-3H3,(H,46,47,50)/t30-/m1/s1. The third kappa shape index (κ3) is 6.91. The molecule has 0 spiro atoms. The number of carbonyl (C=O) groups is 2. The molecule has 5 aromatic carbocycles. The molecule has 1 atom stereocenters. The van der Waals surface area contributed by atoms with E-state index in [0.717, 1.165) is 38.7 Å². The van der Waals surface area contributed by atoms with E-state index in [1.807, 2.05) is 104 Å². The number of aromatic nitrogens is 2. The first-order chi connectivity index (χ1) is 25.0. The number of amides is 2. The second kappa shape index (κ2) is 14.5. The van der Waals surface area contributed by atoms with Crippen LogP contribution in [-0.4, -0.2) is 45.4 Å². The van der Waals surface area contributed by atoms with Gasteiger partial charge in [0.2, 0.25) is 5.91 Å². The number of nitrogens with one attached hydrogen (secondary N) is 1. The lowest BCUT2D eigenvalue weighted by atomic mass is 9.77. The smallest absolute Gasteiger partial charge is 0.410 e. The Bertz CT molecular complexity index is 2120. The van der Waals surface area contributed by atoms with Gasteiger partial charge in [0.25, 0.3) is 0 Å². The summed E-state index contributed by atoms with van der Waals surface area (Å²) in [6, 6.07) is 42.3. The molecular formula is C43H40Cl2N4O3. The van der Waals surface area contributed by atoms with Gasteiger partial charge in [-0.3, -0.25) is 4.79 Å². The van der Waals surface area contributed by atoms with Crippen LogP contribution in [0.25, 0.3) is 22.0 Å². The number of likely N-dealkylation sites (tertiary alicyclic amines) is 1. The second-order valence-electron chi connectivity index (χ2n) is 14.2. The molecule has 1 saturated heterocycles. The summed E-state index contributed by atoms with van der Waals surface area (Å²) in [7, 11) is 0. The lowest BCUT2D eigenvalue weighted by molar-refractivity contribution is -0.121. The number of nitrogens with zero attached hydrogens (tertiary/aromatic N) is 3. The Morgan fingerprint density at radius 3 is 1.96 bits per heavy atom. The highest BCUT2D eigenvalue weighted by Crippen LogP contribution is 2.44. The fourth-order valence-corrected chi connectivity index (χ4v) is 7.56. The van der Waals surface area contributed by atoms with Crippen LogP contribution in [0.2, 0.25) is 10.0 Å². The van der Waals surface area contributed by atoms with Crippen molar-refractivity contribution in [1.82, 2.24) is 14.7 Å². The molecule has 264 valence electrons. The lowest BCUT2D eigenvalue weighted by Gasteiger charge is -2.37. The van der Waals surface area contributed by atoms with E-state index in [2.05, 4.69) is 41.7 Å². The fourth-order valence-electron chi connectivity index (χ4n) is 7.16. The van der Waals surface area contributed by atoms with E-state index in [-0.39, 0.29) is 12.5 Å². The summed E-state index contributed by atoms with van der Waals surface area (Å²) in [6.45, 7) is 6.31. The molecule has 0 bridgehead atoms. The number of hydrogen-bond donors (Lipinski definition) is 1. The average Bonchev–Trinajstić information content (AvgIpc) is 3.51. The predicted octanol–water partition coefficient (Wildman–Crippen LogP) is 10.4. The fraction of sp³-hybridized carbons (Fsp3) is 0.233. The number of hydrogen-bond acceptors (Lipinski definition) is 4. The van der Waals surface area contributed by atoms with E-state index in [4.69, 9.17) is 33.0 Å². The molecule has 0 saturated carbocycles. The van der Waals surface area contributed by atoms with Gasteiger partial charge in [-0.05, 0) is 86.2 Å². The average molecular weight is 732 g/mol. The van der Waals surface area contributed by atoms with Crippen molar-refractivity contribution in [3.8, 4) is 11.1 Å². The van der Waals surface area contributed by atoms with Crippen molar-refractivity contribution in [3.63, 3.8) is 0 Å². The van der Waals surface area contributed by atoms with Gasteiger partial charge in [-0.1, -0.05) is 120 Å². The summed E-state index contributed by atoms with van der Waals surface area (Å²) in [5, 5.41) is 10.4. The van der Waals surface area contributed by atoms with E-state index in [0.29, 0.717) is 35.2 Å². The van der Waals surface area contributed by atoms with E-state index < -0.39 is 23.2 Å². The van der Waals surface area contributed by atoms with Crippen molar-refractivity contribution >= 4 is 51.9 Å². The predicted molar refractivity (Wildman–Crippen MR) is 209 cm³/mol. The van der Waals surface area contributed by atoms with E-state index >= 15 is 0 Å². The van der Waals surface area contributed by atoms with Gasteiger partial charge in [-0.25, -0.2) is 9.48 Å². The molecule has 0 radical (unpaired) electrons. The summed E-state index contributed by atoms with van der Waals surface area (Å²) >= 11 is 13.2. The Morgan fingerprint density at radius 1 is 0.788 bits per heavy atom. The zero-order valence-electron chi connectivity index (χ0n) is 29.4. The SMILES string of the molecule is CC(C)(C)OC(=O)N1CCC[C@@H](C(=O)Nc2nn(C(c3ccccc3)(c3ccccc3)c3ccccc3)c3ccc(-c4cc(Cl)ccc4Cl)cc23)C1. The Morgan fingerprint density at radius 2 is 1.38 bits per heavy atom. The first kappa shape index (κ1) is 35.3. The van der Waals surface area contributed by atoms with Crippen molar-refractivity contribution in [2.45, 2.75) is 44.8 Å². The van der Waals surface area contributed by atoms with Crippen LogP contribution >= 0.6 is 23.2 Å². The lowest BCUT2D eigenvalue weighted by Crippen LogP contribution is -2.45. The first-order valence-electron chi connectivity index (χ1n) is 17.5. The number of benzene rings is 5. The maximum absolute atomic E-state index is 14.2. The van der Waals surface area contributed by atoms with Crippen LogP contribution in [0.15, 0.2) is 127 Å². The minimum atomic E-state index is -0.932. The molecule has 2 amide bonds. The normalized spacial score (nSPS) is 15.0. The van der Waals surface area contributed by atoms with Gasteiger partial charge in [0.15, 0.2) is 5.82 Å². The molecule has 52 heavy (non-hydrogen) atoms. The molecule has 7 rings (SSSR count). The molecule has 2 heterocycles. The van der Waals surface area contributed by atoms with Crippen LogP contribution in [0.5, 0.6) is 0 Å². The van der Waals surface area contributed by atoms with Crippen LogP contribution in [-0.2, 0) is 15.1 Å². The van der Waals surface area contributed by atoms with Gasteiger partial charge < -0.3 is 15.0 Å². The Labute approximate surface area is 314 Å². The van der Waals surface area contributed by atoms with Gasteiger partial charge in [-0.15, -0.1) is 0 Å². The van der Waals surface area contributed by atoms with Gasteiger partial charge in [0.1, 0.15) is 11.1 Å². The zero-order valence-corrected chi connectivity index (χ0v) is 30.9. The first-order valence-corrected chi connectivity index (χ1v) is 18.2. The largest absolute Gasteiger partial charge is 0.444 e. The topological polar surface area (TPSA) is 76.5 Å². The molecule has 1 fully saturated rings. The maximum Gasteiger partial charge on any atom is 0.410 e. The molecule has 0 unspecified atom stereocenters. The van der Waals surface area contributed by atoms with Crippen LogP contribution < -0.4 is 5.32 Å². The highest BCUT2D eigenvalue weighted by atomic mass is 35.5. The van der Waals surface area contributed by atoms with Crippen molar-refractivity contribution in [1.29, 1.82) is 0 Å². The number of halogens is 2. The number of ether oxygens (including phenoxy) is 1. The quantitative estimate of drug-likeness (QED) is 0.166. The van der Waals surface area contributed by atoms with Crippen molar-refractivity contribution in [2.24, 2.45) is 5.92 Å². The number of carbonyl (C=O) groups excluding carboxylic acids is 2. The molecule has 1 aromatic heterocycles. The molecule has 7 nitrogen and oxygen atoms in total. The minimum absolute atomic E-state index is 0.212. The zero-order chi connectivity index (χ0) is 36.5. The van der Waals surface area contributed by atoms with E-state index in [9.17, 15) is 9.59 Å². The summed E-state index contributed by atoms with van der Waals surface area (Å²) in [5.74, 6) is -0.258. The summed E-state index contributed by atoms with van der Waals surface area (Å²) in [5.41, 5.74) is 3.82. The number of piperidine rings is 1. The van der Waals surface area contributed by atoms with E-state index in [1.165, 1.54) is 0 Å². The summed E-state index contributed by atoms with van der Waals surface area (Å²) in [6.07, 6.45) is 0.902. The van der Waals surface area contributed by atoms with Crippen LogP contribution in [0.4, 0.5) is 10.6 Å². The Hall–Kier alpha value is -5.11. The van der Waals surface area contributed by atoms with Gasteiger partial charge in [-0.2, -0.15) is 5.10 Å². The van der Waals surface area contributed by atoms with Gasteiger partial charge in [0.05, 0.1) is 11.4 Å². The number of fused-ring (bicyclic) bond motifs is 1. The number of anilines is 1. The monoisotopic (exact) mass is 730 g/mol. The molecule has 6 aromatic rings. The summed E-state index contributed by atoms with van der Waals surface area (Å²) < 4.78 is 7.66. The molecular weight excluding hydrogens is 691 g/mol. The van der Waals surface area contributed by atoms with Crippen molar-refractivity contribution in [2.75, 3.05) is 18.4 Å². The minimum Gasteiger partial charge on any atom is -0.444 e.